The van der Waals surface area contributed by atoms with Crippen LogP contribution < -0.4 is 5.32 Å². The summed E-state index contributed by atoms with van der Waals surface area (Å²) in [5.41, 5.74) is 3.76. The van der Waals surface area contributed by atoms with Crippen LogP contribution in [-0.4, -0.2) is 22.3 Å². The van der Waals surface area contributed by atoms with Crippen LogP contribution in [0.2, 0.25) is 0 Å². The number of aromatic nitrogens is 2. The molecule has 122 valence electrons. The minimum Gasteiger partial charge on any atom is -0.307 e. The van der Waals surface area contributed by atoms with Gasteiger partial charge in [-0.2, -0.15) is 5.10 Å². The molecule has 1 aliphatic carbocycles. The Hall–Kier alpha value is -1.61. The summed E-state index contributed by atoms with van der Waals surface area (Å²) in [5, 5.41) is 12.2. The first-order valence-corrected chi connectivity index (χ1v) is 9.15. The molecule has 3 nitrogen and oxygen atoms in total. The lowest BCUT2D eigenvalue weighted by molar-refractivity contribution is 0.278. The summed E-state index contributed by atoms with van der Waals surface area (Å²) < 4.78 is 0. The zero-order valence-electron chi connectivity index (χ0n) is 13.9. The van der Waals surface area contributed by atoms with Crippen LogP contribution in [0.1, 0.15) is 56.9 Å². The molecule has 2 fully saturated rings. The molecule has 2 heterocycles. The average molecular weight is 309 g/mol. The molecule has 0 radical (unpaired) electrons. The zero-order valence-corrected chi connectivity index (χ0v) is 13.9. The van der Waals surface area contributed by atoms with Gasteiger partial charge in [-0.15, -0.1) is 0 Å². The highest BCUT2D eigenvalue weighted by Crippen LogP contribution is 2.42. The molecule has 0 amide bonds. The van der Waals surface area contributed by atoms with Crippen LogP contribution >= 0.6 is 0 Å². The van der Waals surface area contributed by atoms with E-state index in [0.717, 1.165) is 18.0 Å². The third-order valence-electron chi connectivity index (χ3n) is 5.97. The number of nitrogens with zero attached hydrogens (tertiary/aromatic N) is 1. The van der Waals surface area contributed by atoms with Gasteiger partial charge in [0, 0.05) is 10.9 Å². The lowest BCUT2D eigenvalue weighted by Crippen LogP contribution is -2.42. The summed E-state index contributed by atoms with van der Waals surface area (Å²) in [6.07, 6.45) is 12.7. The lowest BCUT2D eigenvalue weighted by Gasteiger charge is -2.37. The standard InChI is InChI=1S/C20H27N3/c1-15(17-8-9-19-18(12-17)14-22-23-19)20(10-5-11-21-20)13-16-6-3-2-4-7-16/h8-9,12,14,16,21H,1-7,10-11,13H2,(H,22,23). The fraction of sp³-hybridized carbons (Fsp3) is 0.550. The van der Waals surface area contributed by atoms with Crippen molar-refractivity contribution in [2.24, 2.45) is 5.92 Å². The number of hydrogen-bond acceptors (Lipinski definition) is 2. The minimum absolute atomic E-state index is 0.111. The summed E-state index contributed by atoms with van der Waals surface area (Å²) in [5.74, 6) is 0.865. The van der Waals surface area contributed by atoms with E-state index in [-0.39, 0.29) is 5.54 Å². The Balaban J connectivity index is 1.61. The largest absolute Gasteiger partial charge is 0.307 e. The molecule has 0 spiro atoms. The molecule has 1 aromatic heterocycles. The summed E-state index contributed by atoms with van der Waals surface area (Å²) >= 11 is 0. The summed E-state index contributed by atoms with van der Waals surface area (Å²) in [4.78, 5) is 0. The van der Waals surface area contributed by atoms with Crippen molar-refractivity contribution in [3.05, 3.63) is 36.5 Å². The number of nitrogens with one attached hydrogen (secondary N) is 2. The minimum atomic E-state index is 0.111. The average Bonchev–Trinajstić information content (AvgIpc) is 3.24. The molecule has 1 atom stereocenters. The maximum atomic E-state index is 4.54. The second-order valence-electron chi connectivity index (χ2n) is 7.47. The van der Waals surface area contributed by atoms with Gasteiger partial charge in [-0.3, -0.25) is 5.10 Å². The van der Waals surface area contributed by atoms with E-state index in [1.165, 1.54) is 67.9 Å². The molecule has 1 unspecified atom stereocenters. The number of aromatic amines is 1. The number of hydrogen-bond donors (Lipinski definition) is 2. The number of fused-ring (bicyclic) bond motifs is 1. The first-order chi connectivity index (χ1) is 11.3. The van der Waals surface area contributed by atoms with Gasteiger partial charge in [0.2, 0.25) is 0 Å². The van der Waals surface area contributed by atoms with Crippen molar-refractivity contribution >= 4 is 16.5 Å². The number of H-pyrrole nitrogens is 1. The SMILES string of the molecule is C=C(c1ccc2[nH]ncc2c1)C1(CC2CCCCC2)CCCN1. The van der Waals surface area contributed by atoms with E-state index < -0.39 is 0 Å². The molecule has 4 rings (SSSR count). The van der Waals surface area contributed by atoms with E-state index in [9.17, 15) is 0 Å². The van der Waals surface area contributed by atoms with Gasteiger partial charge in [-0.25, -0.2) is 0 Å². The Morgan fingerprint density at radius 1 is 1.22 bits per heavy atom. The second kappa shape index (κ2) is 6.12. The Bertz CT molecular complexity index is 688. The van der Waals surface area contributed by atoms with Crippen LogP contribution in [0, 0.1) is 5.92 Å². The molecule has 2 N–H and O–H groups in total. The molecule has 3 heteroatoms. The van der Waals surface area contributed by atoms with Crippen molar-refractivity contribution in [2.45, 2.75) is 56.9 Å². The van der Waals surface area contributed by atoms with Gasteiger partial charge in [0.05, 0.1) is 11.7 Å². The Morgan fingerprint density at radius 2 is 2.09 bits per heavy atom. The Morgan fingerprint density at radius 3 is 2.87 bits per heavy atom. The Kier molecular flexibility index (Phi) is 3.98. The van der Waals surface area contributed by atoms with Crippen LogP contribution in [0.3, 0.4) is 0 Å². The smallest absolute Gasteiger partial charge is 0.0650 e. The van der Waals surface area contributed by atoms with Crippen molar-refractivity contribution < 1.29 is 0 Å². The first kappa shape index (κ1) is 14.9. The van der Waals surface area contributed by atoms with Gasteiger partial charge < -0.3 is 5.32 Å². The molecule has 1 saturated carbocycles. The Labute approximate surface area is 138 Å². The molecule has 2 aromatic rings. The fourth-order valence-electron chi connectivity index (χ4n) is 4.65. The van der Waals surface area contributed by atoms with Crippen LogP contribution in [0.15, 0.2) is 31.0 Å². The monoisotopic (exact) mass is 309 g/mol. The predicted octanol–water partition coefficient (Wildman–Crippen LogP) is 4.67. The van der Waals surface area contributed by atoms with E-state index >= 15 is 0 Å². The molecule has 1 aliphatic heterocycles. The highest BCUT2D eigenvalue weighted by molar-refractivity contribution is 5.84. The van der Waals surface area contributed by atoms with E-state index in [1.54, 1.807) is 0 Å². The molecule has 23 heavy (non-hydrogen) atoms. The van der Waals surface area contributed by atoms with Crippen molar-refractivity contribution in [1.82, 2.24) is 15.5 Å². The van der Waals surface area contributed by atoms with Gasteiger partial charge in [0.1, 0.15) is 0 Å². The second-order valence-corrected chi connectivity index (χ2v) is 7.47. The van der Waals surface area contributed by atoms with Gasteiger partial charge in [0.15, 0.2) is 0 Å². The van der Waals surface area contributed by atoms with E-state index in [0.29, 0.717) is 0 Å². The van der Waals surface area contributed by atoms with Crippen molar-refractivity contribution in [3.63, 3.8) is 0 Å². The zero-order chi connectivity index (χ0) is 15.7. The van der Waals surface area contributed by atoms with E-state index in [4.69, 9.17) is 0 Å². The van der Waals surface area contributed by atoms with Gasteiger partial charge in [0.25, 0.3) is 0 Å². The molecular weight excluding hydrogens is 282 g/mol. The molecule has 2 aliphatic rings. The normalized spacial score (nSPS) is 25.9. The summed E-state index contributed by atoms with van der Waals surface area (Å²) in [7, 11) is 0. The predicted molar refractivity (Wildman–Crippen MR) is 96.3 cm³/mol. The van der Waals surface area contributed by atoms with Gasteiger partial charge in [-0.1, -0.05) is 44.7 Å². The van der Waals surface area contributed by atoms with E-state index in [2.05, 4.69) is 40.3 Å². The highest BCUT2D eigenvalue weighted by Gasteiger charge is 2.38. The quantitative estimate of drug-likeness (QED) is 0.861. The molecule has 1 aromatic carbocycles. The van der Waals surface area contributed by atoms with Crippen LogP contribution in [0.25, 0.3) is 16.5 Å². The van der Waals surface area contributed by atoms with Crippen LogP contribution in [0.4, 0.5) is 0 Å². The number of benzene rings is 1. The van der Waals surface area contributed by atoms with Crippen LogP contribution in [-0.2, 0) is 0 Å². The highest BCUT2D eigenvalue weighted by atomic mass is 15.1. The van der Waals surface area contributed by atoms with E-state index in [1.807, 2.05) is 6.20 Å². The summed E-state index contributed by atoms with van der Waals surface area (Å²) in [6, 6.07) is 6.57. The van der Waals surface area contributed by atoms with Crippen molar-refractivity contribution in [3.8, 4) is 0 Å². The van der Waals surface area contributed by atoms with Gasteiger partial charge in [-0.05, 0) is 55.0 Å². The molecule has 1 saturated heterocycles. The first-order valence-electron chi connectivity index (χ1n) is 9.15. The van der Waals surface area contributed by atoms with Crippen molar-refractivity contribution in [1.29, 1.82) is 0 Å². The fourth-order valence-corrected chi connectivity index (χ4v) is 4.65. The van der Waals surface area contributed by atoms with Gasteiger partial charge >= 0.3 is 0 Å². The van der Waals surface area contributed by atoms with Crippen molar-refractivity contribution in [2.75, 3.05) is 6.54 Å². The number of rotatable bonds is 4. The lowest BCUT2D eigenvalue weighted by atomic mass is 9.74. The third kappa shape index (κ3) is 2.83. The summed E-state index contributed by atoms with van der Waals surface area (Å²) in [6.45, 7) is 5.67. The molecular formula is C20H27N3. The maximum Gasteiger partial charge on any atom is 0.0650 e. The third-order valence-corrected chi connectivity index (χ3v) is 5.97. The topological polar surface area (TPSA) is 40.7 Å². The maximum absolute atomic E-state index is 4.54. The van der Waals surface area contributed by atoms with Crippen LogP contribution in [0.5, 0.6) is 0 Å². The molecule has 0 bridgehead atoms.